The summed E-state index contributed by atoms with van der Waals surface area (Å²) in [5.74, 6) is 3.93. The van der Waals surface area contributed by atoms with Crippen LogP contribution in [0.15, 0.2) is 42.5 Å². The first-order valence-electron chi connectivity index (χ1n) is 13.6. The van der Waals surface area contributed by atoms with E-state index in [-0.39, 0.29) is 5.91 Å². The maximum absolute atomic E-state index is 13.3. The number of hydrogen-bond donors (Lipinski definition) is 2. The molecule has 7 rings (SSSR count). The average molecular weight is 554 g/mol. The number of methoxy groups -OCH3 is 1. The van der Waals surface area contributed by atoms with Gasteiger partial charge in [0.05, 0.1) is 23.5 Å². The Balaban J connectivity index is 1.20. The lowest BCUT2D eigenvalue weighted by Crippen LogP contribution is -2.55. The van der Waals surface area contributed by atoms with Crippen LogP contribution in [0.3, 0.4) is 0 Å². The molecule has 6 nitrogen and oxygen atoms in total. The molecule has 0 atom stereocenters. The minimum atomic E-state index is -0.177. The van der Waals surface area contributed by atoms with E-state index in [9.17, 15) is 4.79 Å². The average Bonchev–Trinajstić information content (AvgIpc) is 3.25. The Kier molecular flexibility index (Phi) is 7.14. The highest BCUT2D eigenvalue weighted by molar-refractivity contribution is 6.32. The number of benzene rings is 2. The summed E-state index contributed by atoms with van der Waals surface area (Å²) < 4.78 is 7.20. The maximum atomic E-state index is 13.3. The van der Waals surface area contributed by atoms with Gasteiger partial charge in [0.15, 0.2) is 5.69 Å². The molecular weight excluding hydrogens is 519 g/mol. The van der Waals surface area contributed by atoms with Crippen molar-refractivity contribution in [1.82, 2.24) is 20.4 Å². The van der Waals surface area contributed by atoms with Gasteiger partial charge in [-0.15, -0.1) is 0 Å². The molecule has 4 fully saturated rings. The normalized spacial score (nSPS) is 25.5. The third kappa shape index (κ3) is 4.83. The molecule has 0 aliphatic heterocycles. The molecule has 2 aromatic carbocycles. The molecule has 1 aromatic heterocycles. The van der Waals surface area contributed by atoms with Crippen LogP contribution in [0.4, 0.5) is 0 Å². The van der Waals surface area contributed by atoms with Gasteiger partial charge in [-0.3, -0.25) is 4.79 Å². The predicted octanol–water partition coefficient (Wildman–Crippen LogP) is 6.31. The Bertz CT molecular complexity index is 1310. The van der Waals surface area contributed by atoms with Crippen LogP contribution in [0.5, 0.6) is 5.75 Å². The van der Waals surface area contributed by atoms with Crippen LogP contribution in [0.2, 0.25) is 10.0 Å². The van der Waals surface area contributed by atoms with E-state index in [2.05, 4.69) is 10.6 Å². The zero-order valence-electron chi connectivity index (χ0n) is 21.8. The minimum Gasteiger partial charge on any atom is -0.495 e. The van der Waals surface area contributed by atoms with Crippen molar-refractivity contribution in [3.05, 3.63) is 63.8 Å². The fraction of sp³-hybridized carbons (Fsp3) is 0.467. The second-order valence-electron chi connectivity index (χ2n) is 11.2. The van der Waals surface area contributed by atoms with Gasteiger partial charge in [-0.2, -0.15) is 5.10 Å². The number of carbonyl (C=O) groups excluding carboxylic acids is 1. The van der Waals surface area contributed by atoms with Gasteiger partial charge < -0.3 is 15.4 Å². The van der Waals surface area contributed by atoms with Crippen LogP contribution in [0.1, 0.15) is 48.2 Å². The lowest BCUT2D eigenvalue weighted by Gasteiger charge is -2.54. The second-order valence-corrected chi connectivity index (χ2v) is 12.1. The Morgan fingerprint density at radius 3 is 2.34 bits per heavy atom. The molecule has 4 aliphatic carbocycles. The highest BCUT2D eigenvalue weighted by atomic mass is 35.5. The Labute approximate surface area is 234 Å². The van der Waals surface area contributed by atoms with Crippen LogP contribution < -0.4 is 15.4 Å². The van der Waals surface area contributed by atoms with Crippen molar-refractivity contribution < 1.29 is 9.53 Å². The van der Waals surface area contributed by atoms with Crippen molar-refractivity contribution in [3.63, 3.8) is 0 Å². The molecule has 4 bridgehead atoms. The van der Waals surface area contributed by atoms with E-state index >= 15 is 0 Å². The van der Waals surface area contributed by atoms with Gasteiger partial charge in [0.2, 0.25) is 0 Å². The van der Waals surface area contributed by atoms with Crippen molar-refractivity contribution in [2.45, 2.75) is 45.1 Å². The zero-order valence-corrected chi connectivity index (χ0v) is 23.4. The van der Waals surface area contributed by atoms with Gasteiger partial charge in [0, 0.05) is 41.3 Å². The first kappa shape index (κ1) is 25.7. The summed E-state index contributed by atoms with van der Waals surface area (Å²) in [6.07, 6.45) is 7.00. The Morgan fingerprint density at radius 2 is 1.68 bits per heavy atom. The monoisotopic (exact) mass is 552 g/mol. The number of carbonyl (C=O) groups is 1. The van der Waals surface area contributed by atoms with Crippen molar-refractivity contribution in [3.8, 4) is 22.7 Å². The molecule has 3 aromatic rings. The number of nitrogens with one attached hydrogen (secondary N) is 2. The van der Waals surface area contributed by atoms with Crippen LogP contribution >= 0.6 is 23.2 Å². The summed E-state index contributed by atoms with van der Waals surface area (Å²) in [5, 5.41) is 12.8. The van der Waals surface area contributed by atoms with Crippen molar-refractivity contribution >= 4 is 29.1 Å². The van der Waals surface area contributed by atoms with Crippen LogP contribution in [0, 0.1) is 30.6 Å². The van der Waals surface area contributed by atoms with E-state index < -0.39 is 0 Å². The minimum absolute atomic E-state index is 0.177. The summed E-state index contributed by atoms with van der Waals surface area (Å²) in [6, 6.07) is 13.6. The maximum Gasteiger partial charge on any atom is 0.272 e. The van der Waals surface area contributed by atoms with Gasteiger partial charge >= 0.3 is 0 Å². The van der Waals surface area contributed by atoms with Crippen LogP contribution in [-0.4, -0.2) is 41.9 Å². The molecule has 4 saturated carbocycles. The number of ether oxygens (including phenoxy) is 1. The van der Waals surface area contributed by atoms with Crippen molar-refractivity contribution in [2.75, 3.05) is 20.2 Å². The van der Waals surface area contributed by atoms with E-state index in [4.69, 9.17) is 33.0 Å². The summed E-state index contributed by atoms with van der Waals surface area (Å²) in [6.45, 7) is 3.28. The van der Waals surface area contributed by atoms with Gasteiger partial charge in [-0.25, -0.2) is 4.68 Å². The first-order valence-corrected chi connectivity index (χ1v) is 14.4. The summed E-state index contributed by atoms with van der Waals surface area (Å²) in [7, 11) is 1.58. The number of nitrogens with zero attached hydrogens (tertiary/aromatic N) is 2. The third-order valence-electron chi connectivity index (χ3n) is 8.85. The molecule has 1 amide bonds. The topological polar surface area (TPSA) is 68.2 Å². The third-order valence-corrected chi connectivity index (χ3v) is 9.42. The van der Waals surface area contributed by atoms with Crippen LogP contribution in [0.25, 0.3) is 16.9 Å². The number of rotatable bonds is 8. The van der Waals surface area contributed by atoms with E-state index in [1.54, 1.807) is 17.9 Å². The second kappa shape index (κ2) is 10.6. The summed E-state index contributed by atoms with van der Waals surface area (Å²) >= 11 is 12.4. The number of amides is 1. The highest BCUT2D eigenvalue weighted by Crippen LogP contribution is 2.53. The smallest absolute Gasteiger partial charge is 0.272 e. The molecule has 0 spiro atoms. The summed E-state index contributed by atoms with van der Waals surface area (Å²) in [5.41, 5.74) is 3.69. The van der Waals surface area contributed by atoms with Crippen molar-refractivity contribution in [1.29, 1.82) is 0 Å². The number of hydrogen-bond acceptors (Lipinski definition) is 4. The van der Waals surface area contributed by atoms with E-state index in [1.165, 1.54) is 32.1 Å². The molecule has 4 aliphatic rings. The van der Waals surface area contributed by atoms with Crippen molar-refractivity contribution in [2.24, 2.45) is 23.7 Å². The molecule has 38 heavy (non-hydrogen) atoms. The van der Waals surface area contributed by atoms with Gasteiger partial charge in [0.1, 0.15) is 5.75 Å². The molecular formula is C30H34Cl2N4O2. The molecule has 8 heteroatoms. The van der Waals surface area contributed by atoms with E-state index in [0.717, 1.165) is 52.7 Å². The van der Waals surface area contributed by atoms with Crippen LogP contribution in [-0.2, 0) is 0 Å². The van der Waals surface area contributed by atoms with Gasteiger partial charge in [0.25, 0.3) is 5.91 Å². The summed E-state index contributed by atoms with van der Waals surface area (Å²) in [4.78, 5) is 13.3. The fourth-order valence-corrected chi connectivity index (χ4v) is 7.70. The largest absolute Gasteiger partial charge is 0.495 e. The zero-order chi connectivity index (χ0) is 26.4. The van der Waals surface area contributed by atoms with Gasteiger partial charge in [-0.1, -0.05) is 35.3 Å². The molecule has 1 heterocycles. The predicted molar refractivity (Wildman–Crippen MR) is 151 cm³/mol. The van der Waals surface area contributed by atoms with E-state index in [1.807, 2.05) is 43.3 Å². The molecule has 200 valence electrons. The Hall–Kier alpha value is -2.54. The number of halogens is 2. The number of aromatic nitrogens is 2. The Morgan fingerprint density at radius 1 is 1.00 bits per heavy atom. The molecule has 2 N–H and O–H groups in total. The molecule has 0 saturated heterocycles. The molecule has 0 radical (unpaired) electrons. The van der Waals surface area contributed by atoms with E-state index in [0.29, 0.717) is 34.1 Å². The lowest BCUT2D eigenvalue weighted by molar-refractivity contribution is -0.0133. The quantitative estimate of drug-likeness (QED) is 0.321. The lowest BCUT2D eigenvalue weighted by atomic mass is 9.54. The fourth-order valence-electron chi connectivity index (χ4n) is 7.38. The van der Waals surface area contributed by atoms with Gasteiger partial charge in [-0.05, 0) is 87.0 Å². The SMILES string of the molecule is COc1cc(-n2nc(C(=O)NCCNC3C4CC5CC(C4)CC3C5)c(C)c2-c2ccc(Cl)cc2)ccc1Cl. The highest BCUT2D eigenvalue weighted by Gasteiger charge is 2.47. The standard InChI is InChI=1S/C30H34Cl2N4O2/c1-17-27(30(37)34-10-9-33-28-21-12-18-11-19(14-21)15-22(28)13-18)35-36(24-7-8-25(32)26(16-24)38-2)29(17)20-3-5-23(31)6-4-20/h3-8,16,18-19,21-22,28,33H,9-15H2,1-2H3,(H,34,37). The molecule has 0 unspecified atom stereocenters. The first-order chi connectivity index (χ1) is 18.4.